The van der Waals surface area contributed by atoms with Gasteiger partial charge in [-0.1, -0.05) is 0 Å². The Morgan fingerprint density at radius 1 is 1.33 bits per heavy atom. The molecule has 0 aromatic heterocycles. The first-order chi connectivity index (χ1) is 6.80. The average molecular weight is 221 g/mol. The Labute approximate surface area is 82.9 Å². The van der Waals surface area contributed by atoms with Gasteiger partial charge in [0.1, 0.15) is 5.82 Å². The third-order valence-corrected chi connectivity index (χ3v) is 1.60. The van der Waals surface area contributed by atoms with Crippen LogP contribution in [0.1, 0.15) is 12.5 Å². The summed E-state index contributed by atoms with van der Waals surface area (Å²) in [5.41, 5.74) is -1.48. The number of alkyl halides is 3. The zero-order valence-electron chi connectivity index (χ0n) is 7.65. The third kappa shape index (κ3) is 2.93. The molecule has 82 valence electrons. The van der Waals surface area contributed by atoms with E-state index in [0.717, 1.165) is 6.92 Å². The number of benzene rings is 1. The predicted molar refractivity (Wildman–Crippen MR) is 45.7 cm³/mol. The highest BCUT2D eigenvalue weighted by Crippen LogP contribution is 2.31. The van der Waals surface area contributed by atoms with E-state index in [1.165, 1.54) is 0 Å². The van der Waals surface area contributed by atoms with Crippen LogP contribution in [0.15, 0.2) is 18.2 Å². The van der Waals surface area contributed by atoms with Crippen molar-refractivity contribution in [2.45, 2.75) is 13.1 Å². The molecule has 0 fully saturated rings. The van der Waals surface area contributed by atoms with Gasteiger partial charge in [-0.05, 0) is 18.2 Å². The molecule has 0 unspecified atom stereocenters. The van der Waals surface area contributed by atoms with Crippen LogP contribution < -0.4 is 5.32 Å². The summed E-state index contributed by atoms with van der Waals surface area (Å²) < 4.78 is 49.5. The van der Waals surface area contributed by atoms with E-state index in [0.29, 0.717) is 18.2 Å². The summed E-state index contributed by atoms with van der Waals surface area (Å²) in [7, 11) is 0. The fourth-order valence-corrected chi connectivity index (χ4v) is 0.987. The molecule has 6 heteroatoms. The number of anilines is 1. The first-order valence-corrected chi connectivity index (χ1v) is 3.95. The number of carbonyl (C=O) groups excluding carboxylic acids is 1. The van der Waals surface area contributed by atoms with Crippen molar-refractivity contribution in [1.29, 1.82) is 0 Å². The summed E-state index contributed by atoms with van der Waals surface area (Å²) in [6, 6.07) is 1.82. The molecule has 0 spiro atoms. The molecule has 1 amide bonds. The van der Waals surface area contributed by atoms with Crippen molar-refractivity contribution >= 4 is 11.6 Å². The molecule has 0 saturated carbocycles. The summed E-state index contributed by atoms with van der Waals surface area (Å²) in [5.74, 6) is -1.54. The van der Waals surface area contributed by atoms with Gasteiger partial charge < -0.3 is 5.32 Å². The quantitative estimate of drug-likeness (QED) is 0.726. The Kier molecular flexibility index (Phi) is 2.97. The van der Waals surface area contributed by atoms with Crippen molar-refractivity contribution in [2.24, 2.45) is 0 Å². The number of hydrogen-bond acceptors (Lipinski definition) is 1. The Hall–Kier alpha value is -1.59. The normalized spacial score (nSPS) is 11.3. The van der Waals surface area contributed by atoms with Crippen LogP contribution in [0.25, 0.3) is 0 Å². The minimum atomic E-state index is -4.55. The molecule has 0 bridgehead atoms. The second kappa shape index (κ2) is 3.88. The van der Waals surface area contributed by atoms with Crippen LogP contribution in [0.2, 0.25) is 0 Å². The van der Waals surface area contributed by atoms with Gasteiger partial charge in [0.25, 0.3) is 0 Å². The smallest absolute Gasteiger partial charge is 0.324 e. The van der Waals surface area contributed by atoms with Crippen LogP contribution in [0.4, 0.5) is 23.2 Å². The molecule has 1 rings (SSSR count). The van der Waals surface area contributed by atoms with Gasteiger partial charge in [-0.3, -0.25) is 4.79 Å². The molecule has 0 aliphatic rings. The van der Waals surface area contributed by atoms with E-state index in [-0.39, 0.29) is 0 Å². The van der Waals surface area contributed by atoms with Crippen molar-refractivity contribution in [1.82, 2.24) is 0 Å². The van der Waals surface area contributed by atoms with Gasteiger partial charge in [-0.15, -0.1) is 0 Å². The van der Waals surface area contributed by atoms with Gasteiger partial charge >= 0.3 is 6.18 Å². The lowest BCUT2D eigenvalue weighted by molar-refractivity contribution is -0.137. The SMILES string of the molecule is CC(=O)Nc1cc(C(F)(F)F)ccc1F. The standard InChI is InChI=1S/C9H7F4NO/c1-5(15)14-8-4-6(9(11,12)13)2-3-7(8)10/h2-4H,1H3,(H,14,15). The highest BCUT2D eigenvalue weighted by Gasteiger charge is 2.31. The second-order valence-corrected chi connectivity index (χ2v) is 2.87. The van der Waals surface area contributed by atoms with Crippen LogP contribution in [-0.2, 0) is 11.0 Å². The number of amides is 1. The zero-order valence-corrected chi connectivity index (χ0v) is 7.65. The molecule has 0 saturated heterocycles. The van der Waals surface area contributed by atoms with E-state index < -0.39 is 29.2 Å². The van der Waals surface area contributed by atoms with Gasteiger partial charge in [-0.25, -0.2) is 4.39 Å². The van der Waals surface area contributed by atoms with Crippen molar-refractivity contribution in [3.05, 3.63) is 29.6 Å². The summed E-state index contributed by atoms with van der Waals surface area (Å²) in [5, 5.41) is 1.97. The molecule has 0 heterocycles. The second-order valence-electron chi connectivity index (χ2n) is 2.87. The molecule has 1 N–H and O–H groups in total. The molecule has 0 radical (unpaired) electrons. The van der Waals surface area contributed by atoms with Gasteiger partial charge in [0, 0.05) is 6.92 Å². The van der Waals surface area contributed by atoms with E-state index in [2.05, 4.69) is 0 Å². The number of rotatable bonds is 1. The predicted octanol–water partition coefficient (Wildman–Crippen LogP) is 2.80. The molecular formula is C9H7F4NO. The van der Waals surface area contributed by atoms with E-state index in [4.69, 9.17) is 0 Å². The lowest BCUT2D eigenvalue weighted by atomic mass is 10.2. The maximum Gasteiger partial charge on any atom is 0.416 e. The van der Waals surface area contributed by atoms with Gasteiger partial charge in [0.2, 0.25) is 5.91 Å². The fraction of sp³-hybridized carbons (Fsp3) is 0.222. The Morgan fingerprint density at radius 2 is 1.93 bits per heavy atom. The summed E-state index contributed by atoms with van der Waals surface area (Å²) in [4.78, 5) is 10.6. The fourth-order valence-electron chi connectivity index (χ4n) is 0.987. The lowest BCUT2D eigenvalue weighted by Crippen LogP contribution is -2.10. The Morgan fingerprint density at radius 3 is 2.40 bits per heavy atom. The molecule has 2 nitrogen and oxygen atoms in total. The van der Waals surface area contributed by atoms with Crippen molar-refractivity contribution in [3.8, 4) is 0 Å². The first-order valence-electron chi connectivity index (χ1n) is 3.95. The molecular weight excluding hydrogens is 214 g/mol. The van der Waals surface area contributed by atoms with Crippen LogP contribution in [0, 0.1) is 5.82 Å². The maximum atomic E-state index is 12.9. The molecule has 0 aliphatic carbocycles. The maximum absolute atomic E-state index is 12.9. The van der Waals surface area contributed by atoms with E-state index in [1.807, 2.05) is 5.32 Å². The largest absolute Gasteiger partial charge is 0.416 e. The van der Waals surface area contributed by atoms with Gasteiger partial charge in [0.05, 0.1) is 11.3 Å². The van der Waals surface area contributed by atoms with Gasteiger partial charge in [-0.2, -0.15) is 13.2 Å². The summed E-state index contributed by atoms with van der Waals surface area (Å²) in [6.45, 7) is 1.08. The number of hydrogen-bond donors (Lipinski definition) is 1. The van der Waals surface area contributed by atoms with Crippen LogP contribution >= 0.6 is 0 Å². The lowest BCUT2D eigenvalue weighted by Gasteiger charge is -2.09. The minimum Gasteiger partial charge on any atom is -0.324 e. The molecule has 15 heavy (non-hydrogen) atoms. The molecule has 1 aromatic rings. The average Bonchev–Trinajstić information content (AvgIpc) is 2.06. The monoisotopic (exact) mass is 221 g/mol. The molecule has 1 aromatic carbocycles. The highest BCUT2D eigenvalue weighted by atomic mass is 19.4. The molecule has 0 atom stereocenters. The Balaban J connectivity index is 3.11. The number of carbonyl (C=O) groups is 1. The summed E-state index contributed by atoms with van der Waals surface area (Å²) >= 11 is 0. The van der Waals surface area contributed by atoms with Crippen LogP contribution in [0.3, 0.4) is 0 Å². The van der Waals surface area contributed by atoms with Crippen molar-refractivity contribution in [2.75, 3.05) is 5.32 Å². The van der Waals surface area contributed by atoms with E-state index >= 15 is 0 Å². The Bertz CT molecular complexity index is 386. The minimum absolute atomic E-state index is 0.475. The zero-order chi connectivity index (χ0) is 11.6. The van der Waals surface area contributed by atoms with E-state index in [9.17, 15) is 22.4 Å². The first kappa shape index (κ1) is 11.5. The van der Waals surface area contributed by atoms with Crippen LogP contribution in [0.5, 0.6) is 0 Å². The number of nitrogens with one attached hydrogen (secondary N) is 1. The van der Waals surface area contributed by atoms with Crippen molar-refractivity contribution in [3.63, 3.8) is 0 Å². The van der Waals surface area contributed by atoms with Gasteiger partial charge in [0.15, 0.2) is 0 Å². The number of halogens is 4. The van der Waals surface area contributed by atoms with Crippen molar-refractivity contribution < 1.29 is 22.4 Å². The topological polar surface area (TPSA) is 29.1 Å². The highest BCUT2D eigenvalue weighted by molar-refractivity contribution is 5.88. The molecule has 0 aliphatic heterocycles. The van der Waals surface area contributed by atoms with Crippen LogP contribution in [-0.4, -0.2) is 5.91 Å². The third-order valence-electron chi connectivity index (χ3n) is 1.60. The summed E-state index contributed by atoms with van der Waals surface area (Å²) in [6.07, 6.45) is -4.55. The van der Waals surface area contributed by atoms with E-state index in [1.54, 1.807) is 0 Å².